The molecule has 0 aliphatic rings. The van der Waals surface area contributed by atoms with Crippen LogP contribution in [0.25, 0.3) is 0 Å². The van der Waals surface area contributed by atoms with Crippen LogP contribution in [-0.4, -0.2) is 30.0 Å². The van der Waals surface area contributed by atoms with Crippen LogP contribution < -0.4 is 0 Å². The van der Waals surface area contributed by atoms with Gasteiger partial charge in [-0.05, 0) is 6.42 Å². The van der Waals surface area contributed by atoms with Crippen molar-refractivity contribution >= 4 is 9.05 Å². The maximum absolute atomic E-state index is 8.27. The first-order valence-corrected chi connectivity index (χ1v) is 4.62. The third kappa shape index (κ3) is 11.6. The second kappa shape index (κ2) is 6.48. The Morgan fingerprint density at radius 3 is 2.10 bits per heavy atom. The smallest absolute Gasteiger partial charge is 0.368 e. The molecule has 0 aliphatic carbocycles. The Kier molecular flexibility index (Phi) is 8.66. The standard InChI is InChI=1S/C4H12O4Si.Ti/c1-2-3-4-8-9(5,6)7;/h5-7H,2-4H2,1H3;. The fourth-order valence-electron chi connectivity index (χ4n) is 0.353. The minimum atomic E-state index is -4.19. The first-order chi connectivity index (χ1) is 4.06. The van der Waals surface area contributed by atoms with Gasteiger partial charge in [-0.2, -0.15) is 0 Å². The summed E-state index contributed by atoms with van der Waals surface area (Å²) in [4.78, 5) is 24.8. The van der Waals surface area contributed by atoms with Gasteiger partial charge in [0.15, 0.2) is 0 Å². The van der Waals surface area contributed by atoms with Crippen LogP contribution in [0.4, 0.5) is 0 Å². The molecule has 6 heteroatoms. The Morgan fingerprint density at radius 1 is 1.30 bits per heavy atom. The summed E-state index contributed by atoms with van der Waals surface area (Å²) in [5.41, 5.74) is 0. The normalized spacial score (nSPS) is 10.8. The third-order valence-electron chi connectivity index (χ3n) is 0.794. The largest absolute Gasteiger partial charge is 0.671 e. The van der Waals surface area contributed by atoms with Gasteiger partial charge in [0.1, 0.15) is 0 Å². The molecular formula is C4H12O4SiTi. The molecule has 0 aliphatic heterocycles. The van der Waals surface area contributed by atoms with Crippen molar-refractivity contribution in [2.24, 2.45) is 0 Å². The van der Waals surface area contributed by atoms with Gasteiger partial charge in [0.25, 0.3) is 0 Å². The van der Waals surface area contributed by atoms with Crippen LogP contribution in [-0.2, 0) is 26.1 Å². The van der Waals surface area contributed by atoms with Gasteiger partial charge >= 0.3 is 9.05 Å². The van der Waals surface area contributed by atoms with Gasteiger partial charge in [-0.25, -0.2) is 0 Å². The van der Waals surface area contributed by atoms with Gasteiger partial charge in [-0.3, -0.25) is 0 Å². The molecule has 0 saturated heterocycles. The van der Waals surface area contributed by atoms with E-state index in [9.17, 15) is 0 Å². The van der Waals surface area contributed by atoms with E-state index in [1.54, 1.807) is 0 Å². The molecule has 3 N–H and O–H groups in total. The number of hydrogen-bond donors (Lipinski definition) is 3. The molecule has 10 heavy (non-hydrogen) atoms. The monoisotopic (exact) mass is 200 g/mol. The second-order valence-corrected chi connectivity index (χ2v) is 3.21. The summed E-state index contributed by atoms with van der Waals surface area (Å²) >= 11 is 0. The minimum Gasteiger partial charge on any atom is -0.368 e. The maximum Gasteiger partial charge on any atom is 0.671 e. The Labute approximate surface area is 76.2 Å². The minimum absolute atomic E-state index is 0. The Bertz CT molecular complexity index is 74.1. The van der Waals surface area contributed by atoms with E-state index in [1.165, 1.54) is 0 Å². The molecule has 0 fully saturated rings. The molecule has 0 saturated carbocycles. The Hall–Kier alpha value is 0.771. The van der Waals surface area contributed by atoms with Gasteiger partial charge in [0.2, 0.25) is 0 Å². The third-order valence-corrected chi connectivity index (χ3v) is 1.39. The van der Waals surface area contributed by atoms with Gasteiger partial charge in [-0.1, -0.05) is 13.3 Å². The van der Waals surface area contributed by atoms with E-state index < -0.39 is 9.05 Å². The molecule has 4 nitrogen and oxygen atoms in total. The molecule has 0 spiro atoms. The molecule has 0 aromatic carbocycles. The number of unbranched alkanes of at least 4 members (excludes halogenated alkanes) is 1. The molecule has 0 radical (unpaired) electrons. The summed E-state index contributed by atoms with van der Waals surface area (Å²) in [6.07, 6.45) is 1.64. The summed E-state index contributed by atoms with van der Waals surface area (Å²) in [6, 6.07) is 0. The topological polar surface area (TPSA) is 69.9 Å². The summed E-state index contributed by atoms with van der Waals surface area (Å²) in [6.45, 7) is 2.16. The van der Waals surface area contributed by atoms with Crippen LogP contribution in [0.5, 0.6) is 0 Å². The Morgan fingerprint density at radius 2 is 1.80 bits per heavy atom. The fourth-order valence-corrected chi connectivity index (χ4v) is 0.772. The van der Waals surface area contributed by atoms with E-state index >= 15 is 0 Å². The number of rotatable bonds is 4. The molecule has 0 amide bonds. The fraction of sp³-hybridized carbons (Fsp3) is 1.00. The van der Waals surface area contributed by atoms with Crippen molar-refractivity contribution in [1.29, 1.82) is 0 Å². The Balaban J connectivity index is 0. The predicted octanol–water partition coefficient (Wildman–Crippen LogP) is -0.787. The van der Waals surface area contributed by atoms with Crippen LogP contribution in [0.2, 0.25) is 0 Å². The van der Waals surface area contributed by atoms with Crippen LogP contribution in [0.3, 0.4) is 0 Å². The first kappa shape index (κ1) is 13.4. The summed E-state index contributed by atoms with van der Waals surface area (Å²) in [5, 5.41) is 0. The van der Waals surface area contributed by atoms with Gasteiger partial charge in [0.05, 0.1) is 0 Å². The maximum atomic E-state index is 8.27. The average Bonchev–Trinajstić information content (AvgIpc) is 1.63. The van der Waals surface area contributed by atoms with Gasteiger partial charge < -0.3 is 18.8 Å². The van der Waals surface area contributed by atoms with Crippen molar-refractivity contribution in [2.45, 2.75) is 19.8 Å². The van der Waals surface area contributed by atoms with Crippen molar-refractivity contribution in [3.8, 4) is 0 Å². The molecule has 60 valence electrons. The molecule has 0 atom stereocenters. The zero-order chi connectivity index (χ0) is 7.33. The molecule has 0 aromatic rings. The quantitative estimate of drug-likeness (QED) is 0.411. The summed E-state index contributed by atoms with van der Waals surface area (Å²) in [5.74, 6) is 0. The average molecular weight is 200 g/mol. The first-order valence-electron chi connectivity index (χ1n) is 2.87. The van der Waals surface area contributed by atoms with Crippen LogP contribution >= 0.6 is 0 Å². The van der Waals surface area contributed by atoms with Gasteiger partial charge in [0, 0.05) is 28.3 Å². The van der Waals surface area contributed by atoms with Crippen LogP contribution in [0.15, 0.2) is 0 Å². The predicted molar refractivity (Wildman–Crippen MR) is 33.3 cm³/mol. The van der Waals surface area contributed by atoms with Crippen molar-refractivity contribution < 1.29 is 40.5 Å². The molecular weight excluding hydrogens is 188 g/mol. The SMILES string of the molecule is CCCCO[Si](O)(O)O.[Ti]. The van der Waals surface area contributed by atoms with E-state index in [-0.39, 0.29) is 28.3 Å². The molecule has 0 heterocycles. The second-order valence-electron chi connectivity index (χ2n) is 1.78. The number of hydrogen-bond acceptors (Lipinski definition) is 4. The summed E-state index contributed by atoms with van der Waals surface area (Å²) in [7, 11) is -4.19. The van der Waals surface area contributed by atoms with Crippen molar-refractivity contribution in [3.05, 3.63) is 0 Å². The molecule has 0 rings (SSSR count). The summed E-state index contributed by atoms with van der Waals surface area (Å²) < 4.78 is 4.28. The zero-order valence-electron chi connectivity index (χ0n) is 5.87. The molecule has 0 aromatic heterocycles. The van der Waals surface area contributed by atoms with E-state index in [0.717, 1.165) is 12.8 Å². The van der Waals surface area contributed by atoms with Crippen LogP contribution in [0.1, 0.15) is 19.8 Å². The van der Waals surface area contributed by atoms with E-state index in [1.807, 2.05) is 6.92 Å². The van der Waals surface area contributed by atoms with Crippen molar-refractivity contribution in [3.63, 3.8) is 0 Å². The van der Waals surface area contributed by atoms with E-state index in [2.05, 4.69) is 4.43 Å². The van der Waals surface area contributed by atoms with Crippen molar-refractivity contribution in [1.82, 2.24) is 0 Å². The zero-order valence-corrected chi connectivity index (χ0v) is 8.43. The van der Waals surface area contributed by atoms with Crippen LogP contribution in [0, 0.1) is 0 Å². The molecule has 0 unspecified atom stereocenters. The molecule has 0 bridgehead atoms. The van der Waals surface area contributed by atoms with Crippen molar-refractivity contribution in [2.75, 3.05) is 6.61 Å². The van der Waals surface area contributed by atoms with E-state index in [4.69, 9.17) is 14.4 Å². The van der Waals surface area contributed by atoms with Gasteiger partial charge in [-0.15, -0.1) is 0 Å². The van der Waals surface area contributed by atoms with E-state index in [0.29, 0.717) is 0 Å².